The maximum atomic E-state index is 12.3. The molecule has 0 heterocycles. The molecule has 0 saturated carbocycles. The van der Waals surface area contributed by atoms with Crippen LogP contribution in [0, 0.1) is 24.2 Å². The van der Waals surface area contributed by atoms with Crippen LogP contribution in [0.25, 0.3) is 0 Å². The number of hydrogen-bond acceptors (Lipinski definition) is 3. The summed E-state index contributed by atoms with van der Waals surface area (Å²) < 4.78 is 0. The lowest BCUT2D eigenvalue weighted by molar-refractivity contribution is 0.0923. The Kier molecular flexibility index (Phi) is 6.24. The number of Topliss-reactive ketones (excluding diaryl/α,β-unsaturated/α-hetero) is 1. The van der Waals surface area contributed by atoms with Gasteiger partial charge in [-0.3, -0.25) is 9.69 Å². The predicted molar refractivity (Wildman–Crippen MR) is 77.0 cm³/mol. The number of nitrogens with zero attached hydrogens (tertiary/aromatic N) is 2. The molecular formula is C16H22N2O. The van der Waals surface area contributed by atoms with Gasteiger partial charge in [-0.05, 0) is 18.4 Å². The van der Waals surface area contributed by atoms with Crippen LogP contribution in [0.1, 0.15) is 36.2 Å². The van der Waals surface area contributed by atoms with Crippen LogP contribution in [0.2, 0.25) is 0 Å². The third-order valence-electron chi connectivity index (χ3n) is 2.98. The van der Waals surface area contributed by atoms with Gasteiger partial charge in [0.15, 0.2) is 5.78 Å². The van der Waals surface area contributed by atoms with Crippen molar-refractivity contribution in [3.8, 4) is 6.07 Å². The first-order valence-electron chi connectivity index (χ1n) is 6.72. The Morgan fingerprint density at radius 3 is 2.63 bits per heavy atom. The SMILES string of the molecule is Cc1ccccc1C(=O)CN(CCC#N)CC(C)C. The summed E-state index contributed by atoms with van der Waals surface area (Å²) in [7, 11) is 0. The second-order valence-electron chi connectivity index (χ2n) is 5.28. The fourth-order valence-electron chi connectivity index (χ4n) is 2.13. The van der Waals surface area contributed by atoms with E-state index in [1.165, 1.54) is 0 Å². The molecule has 0 spiro atoms. The molecule has 1 aromatic carbocycles. The number of rotatable bonds is 7. The zero-order valence-electron chi connectivity index (χ0n) is 12.0. The zero-order chi connectivity index (χ0) is 14.3. The Hall–Kier alpha value is -1.66. The highest BCUT2D eigenvalue weighted by Crippen LogP contribution is 2.10. The minimum Gasteiger partial charge on any atom is -0.295 e. The van der Waals surface area contributed by atoms with Crippen LogP contribution in [-0.2, 0) is 0 Å². The Bertz CT molecular complexity index is 460. The number of ketones is 1. The van der Waals surface area contributed by atoms with Crippen molar-refractivity contribution in [3.63, 3.8) is 0 Å². The second-order valence-corrected chi connectivity index (χ2v) is 5.28. The minimum atomic E-state index is 0.136. The van der Waals surface area contributed by atoms with Crippen molar-refractivity contribution < 1.29 is 4.79 Å². The number of aryl methyl sites for hydroxylation is 1. The van der Waals surface area contributed by atoms with E-state index in [9.17, 15) is 4.79 Å². The Labute approximate surface area is 115 Å². The lowest BCUT2D eigenvalue weighted by Crippen LogP contribution is -2.34. The molecule has 0 bridgehead atoms. The number of hydrogen-bond donors (Lipinski definition) is 0. The molecule has 102 valence electrons. The molecule has 1 aromatic rings. The molecule has 0 N–H and O–H groups in total. The molecule has 3 heteroatoms. The lowest BCUT2D eigenvalue weighted by Gasteiger charge is -2.22. The average molecular weight is 258 g/mol. The van der Waals surface area contributed by atoms with Crippen LogP contribution in [-0.4, -0.2) is 30.3 Å². The van der Waals surface area contributed by atoms with Crippen molar-refractivity contribution in [3.05, 3.63) is 35.4 Å². The van der Waals surface area contributed by atoms with Gasteiger partial charge in [-0.2, -0.15) is 5.26 Å². The molecule has 0 radical (unpaired) electrons. The Balaban J connectivity index is 2.70. The van der Waals surface area contributed by atoms with Crippen molar-refractivity contribution in [2.24, 2.45) is 5.92 Å². The maximum Gasteiger partial charge on any atom is 0.177 e. The average Bonchev–Trinajstić information content (AvgIpc) is 2.35. The standard InChI is InChI=1S/C16H22N2O/c1-13(2)11-18(10-6-9-17)12-16(19)15-8-5-4-7-14(15)3/h4-5,7-8,13H,6,10-12H2,1-3H3. The fourth-order valence-corrected chi connectivity index (χ4v) is 2.13. The fraction of sp³-hybridized carbons (Fsp3) is 0.500. The van der Waals surface area contributed by atoms with Gasteiger partial charge in [-0.1, -0.05) is 38.1 Å². The number of carbonyl (C=O) groups is 1. The van der Waals surface area contributed by atoms with Gasteiger partial charge in [-0.25, -0.2) is 0 Å². The normalized spacial score (nSPS) is 10.7. The van der Waals surface area contributed by atoms with E-state index in [0.29, 0.717) is 25.4 Å². The van der Waals surface area contributed by atoms with Gasteiger partial charge >= 0.3 is 0 Å². The molecule has 0 saturated heterocycles. The number of carbonyl (C=O) groups excluding carboxylic acids is 1. The summed E-state index contributed by atoms with van der Waals surface area (Å²) in [6.45, 7) is 8.10. The summed E-state index contributed by atoms with van der Waals surface area (Å²) >= 11 is 0. The van der Waals surface area contributed by atoms with Gasteiger partial charge in [0, 0.05) is 25.1 Å². The molecule has 0 aromatic heterocycles. The third-order valence-corrected chi connectivity index (χ3v) is 2.98. The van der Waals surface area contributed by atoms with Crippen LogP contribution in [0.5, 0.6) is 0 Å². The van der Waals surface area contributed by atoms with E-state index in [2.05, 4.69) is 24.8 Å². The van der Waals surface area contributed by atoms with E-state index in [4.69, 9.17) is 5.26 Å². The summed E-state index contributed by atoms with van der Waals surface area (Å²) in [5.41, 5.74) is 1.80. The van der Waals surface area contributed by atoms with Gasteiger partial charge in [0.05, 0.1) is 12.6 Å². The summed E-state index contributed by atoms with van der Waals surface area (Å²) in [6.07, 6.45) is 0.466. The van der Waals surface area contributed by atoms with Crippen molar-refractivity contribution in [2.75, 3.05) is 19.6 Å². The van der Waals surface area contributed by atoms with Crippen LogP contribution in [0.4, 0.5) is 0 Å². The molecule has 1 rings (SSSR count). The first kappa shape index (κ1) is 15.4. The Morgan fingerprint density at radius 2 is 2.05 bits per heavy atom. The zero-order valence-corrected chi connectivity index (χ0v) is 12.0. The largest absolute Gasteiger partial charge is 0.295 e. The van der Waals surface area contributed by atoms with Gasteiger partial charge in [0.2, 0.25) is 0 Å². The first-order chi connectivity index (χ1) is 9.04. The quantitative estimate of drug-likeness (QED) is 0.706. The second kappa shape index (κ2) is 7.70. The van der Waals surface area contributed by atoms with Crippen LogP contribution >= 0.6 is 0 Å². The van der Waals surface area contributed by atoms with Gasteiger partial charge < -0.3 is 0 Å². The van der Waals surface area contributed by atoms with Gasteiger partial charge in [-0.15, -0.1) is 0 Å². The predicted octanol–water partition coefficient (Wildman–Crippen LogP) is 3.05. The molecule has 0 unspecified atom stereocenters. The summed E-state index contributed by atoms with van der Waals surface area (Å²) in [6, 6.07) is 9.80. The van der Waals surface area contributed by atoms with E-state index in [1.54, 1.807) is 0 Å². The summed E-state index contributed by atoms with van der Waals surface area (Å²) in [4.78, 5) is 14.4. The number of benzene rings is 1. The molecule has 19 heavy (non-hydrogen) atoms. The van der Waals surface area contributed by atoms with Crippen LogP contribution in [0.3, 0.4) is 0 Å². The molecule has 0 aliphatic rings. The van der Waals surface area contributed by atoms with Gasteiger partial charge in [0.25, 0.3) is 0 Å². The molecule has 3 nitrogen and oxygen atoms in total. The van der Waals surface area contributed by atoms with E-state index in [-0.39, 0.29) is 5.78 Å². The summed E-state index contributed by atoms with van der Waals surface area (Å²) in [5.74, 6) is 0.625. The van der Waals surface area contributed by atoms with E-state index >= 15 is 0 Å². The molecule has 0 atom stereocenters. The van der Waals surface area contributed by atoms with Crippen molar-refractivity contribution >= 4 is 5.78 Å². The van der Waals surface area contributed by atoms with Crippen LogP contribution < -0.4 is 0 Å². The molecule has 0 amide bonds. The summed E-state index contributed by atoms with van der Waals surface area (Å²) in [5, 5.41) is 8.68. The minimum absolute atomic E-state index is 0.136. The molecule has 0 fully saturated rings. The molecule has 0 aliphatic carbocycles. The smallest absolute Gasteiger partial charge is 0.177 e. The van der Waals surface area contributed by atoms with Crippen molar-refractivity contribution in [1.82, 2.24) is 4.90 Å². The van der Waals surface area contributed by atoms with Crippen molar-refractivity contribution in [2.45, 2.75) is 27.2 Å². The first-order valence-corrected chi connectivity index (χ1v) is 6.72. The highest BCUT2D eigenvalue weighted by molar-refractivity contribution is 5.98. The number of nitriles is 1. The molecular weight excluding hydrogens is 236 g/mol. The lowest BCUT2D eigenvalue weighted by atomic mass is 10.0. The maximum absolute atomic E-state index is 12.3. The van der Waals surface area contributed by atoms with Crippen molar-refractivity contribution in [1.29, 1.82) is 5.26 Å². The third kappa shape index (κ3) is 5.23. The molecule has 0 aliphatic heterocycles. The van der Waals surface area contributed by atoms with E-state index in [1.807, 2.05) is 31.2 Å². The topological polar surface area (TPSA) is 44.1 Å². The Morgan fingerprint density at radius 1 is 1.37 bits per heavy atom. The highest BCUT2D eigenvalue weighted by Gasteiger charge is 2.14. The van der Waals surface area contributed by atoms with E-state index in [0.717, 1.165) is 17.7 Å². The monoisotopic (exact) mass is 258 g/mol. The highest BCUT2D eigenvalue weighted by atomic mass is 16.1. The van der Waals surface area contributed by atoms with Gasteiger partial charge in [0.1, 0.15) is 0 Å². The van der Waals surface area contributed by atoms with Crippen LogP contribution in [0.15, 0.2) is 24.3 Å². The van der Waals surface area contributed by atoms with E-state index < -0.39 is 0 Å².